The van der Waals surface area contributed by atoms with Crippen LogP contribution in [0.5, 0.6) is 11.5 Å². The van der Waals surface area contributed by atoms with E-state index in [0.29, 0.717) is 6.42 Å². The molecule has 3 aromatic rings. The van der Waals surface area contributed by atoms with Crippen LogP contribution in [0.4, 0.5) is 0 Å². The highest BCUT2D eigenvalue weighted by Crippen LogP contribution is 2.38. The Hall–Kier alpha value is -3.08. The minimum atomic E-state index is 0.142. The van der Waals surface area contributed by atoms with Crippen LogP contribution in [-0.4, -0.2) is 36.7 Å². The molecule has 1 amide bonds. The Kier molecular flexibility index (Phi) is 4.67. The predicted molar refractivity (Wildman–Crippen MR) is 110 cm³/mol. The van der Waals surface area contributed by atoms with Gasteiger partial charge in [0.25, 0.3) is 0 Å². The molecule has 0 atom stereocenters. The fourth-order valence-corrected chi connectivity index (χ4v) is 3.53. The third-order valence-corrected chi connectivity index (χ3v) is 5.20. The van der Waals surface area contributed by atoms with Gasteiger partial charge in [-0.25, -0.2) is 4.98 Å². The van der Waals surface area contributed by atoms with Crippen LogP contribution in [0.15, 0.2) is 36.4 Å². The van der Waals surface area contributed by atoms with Gasteiger partial charge in [0.1, 0.15) is 0 Å². The zero-order chi connectivity index (χ0) is 19.8. The van der Waals surface area contributed by atoms with E-state index in [-0.39, 0.29) is 12.7 Å². The molecule has 2 heterocycles. The van der Waals surface area contributed by atoms with Crippen molar-refractivity contribution in [3.05, 3.63) is 53.1 Å². The molecule has 2 aromatic carbocycles. The Labute approximate surface area is 164 Å². The zero-order valence-corrected chi connectivity index (χ0v) is 16.7. The largest absolute Gasteiger partial charge is 0.454 e. The van der Waals surface area contributed by atoms with Crippen molar-refractivity contribution in [1.29, 1.82) is 0 Å². The highest BCUT2D eigenvalue weighted by atomic mass is 16.7. The molecule has 0 saturated heterocycles. The van der Waals surface area contributed by atoms with Gasteiger partial charge in [-0.15, -0.1) is 0 Å². The summed E-state index contributed by atoms with van der Waals surface area (Å²) in [5.41, 5.74) is 6.35. The third kappa shape index (κ3) is 3.40. The number of fused-ring (bicyclic) bond motifs is 2. The number of hydrogen-bond donors (Lipinski definition) is 0. The summed E-state index contributed by atoms with van der Waals surface area (Å²) in [5, 5.41) is 1.12. The molecule has 144 valence electrons. The summed E-state index contributed by atoms with van der Waals surface area (Å²) >= 11 is 0. The van der Waals surface area contributed by atoms with Gasteiger partial charge in [-0.1, -0.05) is 6.07 Å². The SMILES string of the molecule is Cc1cc2c(cc1-c1cc(C)c3cc(CCC(=O)N(C)C)ccc3n1)OCO2. The lowest BCUT2D eigenvalue weighted by Gasteiger charge is -2.12. The second kappa shape index (κ2) is 7.15. The molecule has 0 saturated carbocycles. The molecule has 1 aliphatic heterocycles. The molecule has 5 heteroatoms. The van der Waals surface area contributed by atoms with Gasteiger partial charge < -0.3 is 14.4 Å². The molecule has 0 fully saturated rings. The first kappa shape index (κ1) is 18.3. The molecule has 1 aromatic heterocycles. The van der Waals surface area contributed by atoms with Crippen molar-refractivity contribution in [2.75, 3.05) is 20.9 Å². The molecular formula is C23H24N2O3. The maximum Gasteiger partial charge on any atom is 0.231 e. The number of hydrogen-bond acceptors (Lipinski definition) is 4. The van der Waals surface area contributed by atoms with Crippen molar-refractivity contribution in [3.8, 4) is 22.8 Å². The van der Waals surface area contributed by atoms with E-state index in [1.165, 1.54) is 0 Å². The number of rotatable bonds is 4. The summed E-state index contributed by atoms with van der Waals surface area (Å²) < 4.78 is 11.0. The van der Waals surface area contributed by atoms with Gasteiger partial charge in [0.05, 0.1) is 11.2 Å². The highest BCUT2D eigenvalue weighted by Gasteiger charge is 2.17. The lowest BCUT2D eigenvalue weighted by molar-refractivity contribution is -0.128. The van der Waals surface area contributed by atoms with Crippen LogP contribution in [-0.2, 0) is 11.2 Å². The lowest BCUT2D eigenvalue weighted by Crippen LogP contribution is -2.21. The van der Waals surface area contributed by atoms with Crippen LogP contribution < -0.4 is 9.47 Å². The maximum atomic E-state index is 11.9. The fraction of sp³-hybridized carbons (Fsp3) is 0.304. The number of aryl methyl sites for hydroxylation is 3. The Morgan fingerprint density at radius 3 is 2.54 bits per heavy atom. The number of carbonyl (C=O) groups excluding carboxylic acids is 1. The topological polar surface area (TPSA) is 51.7 Å². The number of carbonyl (C=O) groups is 1. The zero-order valence-electron chi connectivity index (χ0n) is 16.7. The Morgan fingerprint density at radius 2 is 1.79 bits per heavy atom. The summed E-state index contributed by atoms with van der Waals surface area (Å²) in [7, 11) is 3.58. The molecule has 0 bridgehead atoms. The van der Waals surface area contributed by atoms with Crippen molar-refractivity contribution in [3.63, 3.8) is 0 Å². The molecule has 5 nitrogen and oxygen atoms in total. The van der Waals surface area contributed by atoms with Gasteiger partial charge in [0.15, 0.2) is 11.5 Å². The minimum absolute atomic E-state index is 0.142. The second-order valence-electron chi connectivity index (χ2n) is 7.48. The number of amides is 1. The van der Waals surface area contributed by atoms with Crippen LogP contribution in [0.1, 0.15) is 23.1 Å². The lowest BCUT2D eigenvalue weighted by atomic mass is 9.99. The van der Waals surface area contributed by atoms with Crippen LogP contribution >= 0.6 is 0 Å². The van der Waals surface area contributed by atoms with Crippen molar-refractivity contribution in [1.82, 2.24) is 9.88 Å². The molecule has 0 radical (unpaired) electrons. The van der Waals surface area contributed by atoms with Gasteiger partial charge in [0.2, 0.25) is 12.7 Å². The van der Waals surface area contributed by atoms with Crippen molar-refractivity contribution >= 4 is 16.8 Å². The minimum Gasteiger partial charge on any atom is -0.454 e. The predicted octanol–water partition coefficient (Wildman–Crippen LogP) is 4.27. The van der Waals surface area contributed by atoms with Crippen molar-refractivity contribution < 1.29 is 14.3 Å². The van der Waals surface area contributed by atoms with E-state index >= 15 is 0 Å². The first-order valence-corrected chi connectivity index (χ1v) is 9.43. The van der Waals surface area contributed by atoms with Crippen molar-refractivity contribution in [2.24, 2.45) is 0 Å². The first-order valence-electron chi connectivity index (χ1n) is 9.43. The summed E-state index contributed by atoms with van der Waals surface area (Å²) in [4.78, 5) is 18.4. The summed E-state index contributed by atoms with van der Waals surface area (Å²) in [5.74, 6) is 1.69. The molecule has 0 spiro atoms. The van der Waals surface area contributed by atoms with E-state index in [1.807, 2.05) is 18.2 Å². The average Bonchev–Trinajstić information content (AvgIpc) is 3.12. The molecule has 0 unspecified atom stereocenters. The van der Waals surface area contributed by atoms with E-state index in [4.69, 9.17) is 14.5 Å². The second-order valence-corrected chi connectivity index (χ2v) is 7.48. The number of benzene rings is 2. The summed E-state index contributed by atoms with van der Waals surface area (Å²) in [6.45, 7) is 4.43. The molecule has 28 heavy (non-hydrogen) atoms. The average molecular weight is 376 g/mol. The van der Waals surface area contributed by atoms with Gasteiger partial charge in [-0.2, -0.15) is 0 Å². The molecule has 4 rings (SSSR count). The van der Waals surface area contributed by atoms with E-state index < -0.39 is 0 Å². The normalized spacial score (nSPS) is 12.4. The molecular weight excluding hydrogens is 352 g/mol. The standard InChI is InChI=1S/C23H24N2O3/c1-14-9-20(18-12-22-21(10-15(18)2)27-13-28-22)24-19-7-5-16(11-17(14)19)6-8-23(26)25(3)4/h5,7,9-12H,6,8,13H2,1-4H3. The van der Waals surface area contributed by atoms with E-state index in [9.17, 15) is 4.79 Å². The number of nitrogens with zero attached hydrogens (tertiary/aromatic N) is 2. The third-order valence-electron chi connectivity index (χ3n) is 5.20. The van der Waals surface area contributed by atoms with Gasteiger partial charge in [-0.05, 0) is 67.3 Å². The Morgan fingerprint density at radius 1 is 1.04 bits per heavy atom. The van der Waals surface area contributed by atoms with E-state index in [2.05, 4.69) is 32.0 Å². The van der Waals surface area contributed by atoms with E-state index in [0.717, 1.165) is 56.8 Å². The maximum absolute atomic E-state index is 11.9. The van der Waals surface area contributed by atoms with Gasteiger partial charge in [0, 0.05) is 31.5 Å². The molecule has 1 aliphatic rings. The fourth-order valence-electron chi connectivity index (χ4n) is 3.53. The Balaban J connectivity index is 1.68. The molecule has 0 aliphatic carbocycles. The summed E-state index contributed by atoms with van der Waals surface area (Å²) in [6.07, 6.45) is 1.24. The van der Waals surface area contributed by atoms with Gasteiger partial charge >= 0.3 is 0 Å². The van der Waals surface area contributed by atoms with Crippen molar-refractivity contribution in [2.45, 2.75) is 26.7 Å². The first-order chi connectivity index (χ1) is 13.4. The monoisotopic (exact) mass is 376 g/mol. The smallest absolute Gasteiger partial charge is 0.231 e. The molecule has 0 N–H and O–H groups in total. The van der Waals surface area contributed by atoms with E-state index in [1.54, 1.807) is 19.0 Å². The summed E-state index contributed by atoms with van der Waals surface area (Å²) in [6, 6.07) is 12.4. The van der Waals surface area contributed by atoms with Crippen LogP contribution in [0.3, 0.4) is 0 Å². The number of pyridine rings is 1. The van der Waals surface area contributed by atoms with Gasteiger partial charge in [-0.3, -0.25) is 4.79 Å². The quantitative estimate of drug-likeness (QED) is 0.682. The number of ether oxygens (including phenoxy) is 2. The van der Waals surface area contributed by atoms with Crippen LogP contribution in [0.25, 0.3) is 22.2 Å². The van der Waals surface area contributed by atoms with Crippen LogP contribution in [0, 0.1) is 13.8 Å². The Bertz CT molecular complexity index is 1070. The van der Waals surface area contributed by atoms with Crippen LogP contribution in [0.2, 0.25) is 0 Å². The highest BCUT2D eigenvalue weighted by molar-refractivity contribution is 5.86. The number of aromatic nitrogens is 1.